The number of carbonyl (C=O) groups is 2. The molecule has 0 bridgehead atoms. The third-order valence-electron chi connectivity index (χ3n) is 3.11. The van der Waals surface area contributed by atoms with E-state index in [0.717, 1.165) is 11.1 Å². The van der Waals surface area contributed by atoms with Gasteiger partial charge in [0.05, 0.1) is 0 Å². The first-order valence-corrected chi connectivity index (χ1v) is 7.77. The van der Waals surface area contributed by atoms with Gasteiger partial charge in [-0.15, -0.1) is 0 Å². The molecule has 0 aromatic heterocycles. The van der Waals surface area contributed by atoms with Crippen LogP contribution in [0, 0.1) is 6.92 Å². The van der Waals surface area contributed by atoms with Crippen molar-refractivity contribution in [3.05, 3.63) is 64.7 Å². The minimum Gasteiger partial charge on any atom is -0.482 e. The largest absolute Gasteiger partial charge is 0.482 e. The van der Waals surface area contributed by atoms with Crippen LogP contribution in [0.1, 0.15) is 11.1 Å². The third kappa shape index (κ3) is 6.30. The maximum Gasteiger partial charge on any atom is 0.344 e. The predicted octanol–water partition coefficient (Wildman–Crippen LogP) is 2.89. The summed E-state index contributed by atoms with van der Waals surface area (Å²) in [4.78, 5) is 23.2. The number of ether oxygens (including phenoxy) is 2. The summed E-state index contributed by atoms with van der Waals surface area (Å²) in [6.07, 6.45) is 0. The Morgan fingerprint density at radius 2 is 1.83 bits per heavy atom. The monoisotopic (exact) mass is 347 g/mol. The smallest absolute Gasteiger partial charge is 0.344 e. The van der Waals surface area contributed by atoms with Gasteiger partial charge in [-0.2, -0.15) is 0 Å². The van der Waals surface area contributed by atoms with Gasteiger partial charge < -0.3 is 14.8 Å². The van der Waals surface area contributed by atoms with Gasteiger partial charge in [-0.1, -0.05) is 35.9 Å². The molecule has 1 N–H and O–H groups in total. The highest BCUT2D eigenvalue weighted by Crippen LogP contribution is 2.12. The fourth-order valence-electron chi connectivity index (χ4n) is 1.89. The molecule has 6 heteroatoms. The summed E-state index contributed by atoms with van der Waals surface area (Å²) in [6.45, 7) is 1.68. The number of hydrogen-bond acceptors (Lipinski definition) is 4. The van der Waals surface area contributed by atoms with Gasteiger partial charge in [0.2, 0.25) is 0 Å². The minimum atomic E-state index is -0.599. The molecule has 2 aromatic carbocycles. The highest BCUT2D eigenvalue weighted by molar-refractivity contribution is 6.30. The molecular weight excluding hydrogens is 330 g/mol. The van der Waals surface area contributed by atoms with Crippen LogP contribution in [0.15, 0.2) is 48.5 Å². The topological polar surface area (TPSA) is 64.6 Å². The second kappa shape index (κ2) is 8.93. The first-order valence-electron chi connectivity index (χ1n) is 7.39. The zero-order chi connectivity index (χ0) is 17.4. The number of benzene rings is 2. The normalized spacial score (nSPS) is 10.1. The van der Waals surface area contributed by atoms with Crippen molar-refractivity contribution in [3.8, 4) is 5.75 Å². The van der Waals surface area contributed by atoms with E-state index in [4.69, 9.17) is 21.1 Å². The van der Waals surface area contributed by atoms with Crippen molar-refractivity contribution in [2.45, 2.75) is 13.5 Å². The number of rotatable bonds is 7. The van der Waals surface area contributed by atoms with Gasteiger partial charge in [0.15, 0.2) is 13.2 Å². The Morgan fingerprint density at radius 3 is 2.54 bits per heavy atom. The zero-order valence-corrected chi connectivity index (χ0v) is 14.0. The summed E-state index contributed by atoms with van der Waals surface area (Å²) in [6, 6.07) is 14.4. The fraction of sp³-hybridized carbons (Fsp3) is 0.222. The van der Waals surface area contributed by atoms with Gasteiger partial charge in [0.1, 0.15) is 5.75 Å². The second-order valence-corrected chi connectivity index (χ2v) is 5.61. The molecule has 0 atom stereocenters. The first-order chi connectivity index (χ1) is 11.5. The number of nitrogens with one attached hydrogen (secondary N) is 1. The van der Waals surface area contributed by atoms with Gasteiger partial charge in [-0.3, -0.25) is 4.79 Å². The molecule has 0 spiro atoms. The standard InChI is InChI=1S/C18H18ClNO4/c1-13-3-2-4-16(9-13)23-12-18(22)24-11-17(21)20-10-14-5-7-15(19)8-6-14/h2-9H,10-12H2,1H3,(H,20,21). The predicted molar refractivity (Wildman–Crippen MR) is 90.9 cm³/mol. The van der Waals surface area contributed by atoms with Crippen molar-refractivity contribution < 1.29 is 19.1 Å². The molecule has 0 unspecified atom stereocenters. The number of aryl methyl sites for hydroxylation is 1. The van der Waals surface area contributed by atoms with Gasteiger partial charge in [-0.25, -0.2) is 4.79 Å². The Kier molecular flexibility index (Phi) is 6.63. The molecule has 1 amide bonds. The Hall–Kier alpha value is -2.53. The average Bonchev–Trinajstić information content (AvgIpc) is 2.57. The summed E-state index contributed by atoms with van der Waals surface area (Å²) in [5.41, 5.74) is 1.93. The lowest BCUT2D eigenvalue weighted by atomic mass is 10.2. The maximum absolute atomic E-state index is 11.7. The van der Waals surface area contributed by atoms with Crippen molar-refractivity contribution in [2.75, 3.05) is 13.2 Å². The molecule has 5 nitrogen and oxygen atoms in total. The average molecular weight is 348 g/mol. The number of esters is 1. The molecule has 24 heavy (non-hydrogen) atoms. The van der Waals surface area contributed by atoms with Crippen LogP contribution in [0.3, 0.4) is 0 Å². The van der Waals surface area contributed by atoms with E-state index in [2.05, 4.69) is 5.32 Å². The van der Waals surface area contributed by atoms with Crippen LogP contribution in [0.25, 0.3) is 0 Å². The Morgan fingerprint density at radius 1 is 1.08 bits per heavy atom. The van der Waals surface area contributed by atoms with Gasteiger partial charge >= 0.3 is 5.97 Å². The third-order valence-corrected chi connectivity index (χ3v) is 3.37. The Balaban J connectivity index is 1.65. The quantitative estimate of drug-likeness (QED) is 0.782. The molecule has 0 radical (unpaired) electrons. The molecule has 126 valence electrons. The molecule has 0 heterocycles. The van der Waals surface area contributed by atoms with Gasteiger partial charge in [0, 0.05) is 11.6 Å². The van der Waals surface area contributed by atoms with E-state index < -0.39 is 5.97 Å². The van der Waals surface area contributed by atoms with Gasteiger partial charge in [0.25, 0.3) is 5.91 Å². The molecule has 0 aliphatic rings. The van der Waals surface area contributed by atoms with Gasteiger partial charge in [-0.05, 0) is 42.3 Å². The van der Waals surface area contributed by atoms with Crippen molar-refractivity contribution in [1.82, 2.24) is 5.32 Å². The molecule has 0 aliphatic heterocycles. The maximum atomic E-state index is 11.7. The summed E-state index contributed by atoms with van der Waals surface area (Å²) < 4.78 is 10.2. The van der Waals surface area contributed by atoms with E-state index in [1.165, 1.54) is 0 Å². The molecule has 0 fully saturated rings. The highest BCUT2D eigenvalue weighted by atomic mass is 35.5. The fourth-order valence-corrected chi connectivity index (χ4v) is 2.02. The van der Waals surface area contributed by atoms with E-state index in [-0.39, 0.29) is 19.1 Å². The summed E-state index contributed by atoms with van der Waals surface area (Å²) >= 11 is 5.78. The van der Waals surface area contributed by atoms with E-state index in [0.29, 0.717) is 17.3 Å². The first kappa shape index (κ1) is 17.8. The highest BCUT2D eigenvalue weighted by Gasteiger charge is 2.08. The SMILES string of the molecule is Cc1cccc(OCC(=O)OCC(=O)NCc2ccc(Cl)cc2)c1. The van der Waals surface area contributed by atoms with Crippen molar-refractivity contribution in [2.24, 2.45) is 0 Å². The molecule has 2 rings (SSSR count). The van der Waals surface area contributed by atoms with Crippen molar-refractivity contribution in [1.29, 1.82) is 0 Å². The van der Waals surface area contributed by atoms with Crippen LogP contribution >= 0.6 is 11.6 Å². The molecule has 0 aliphatic carbocycles. The minimum absolute atomic E-state index is 0.242. The van der Waals surface area contributed by atoms with Crippen LogP contribution in [0.4, 0.5) is 0 Å². The lowest BCUT2D eigenvalue weighted by Crippen LogP contribution is -2.29. The lowest BCUT2D eigenvalue weighted by Gasteiger charge is -2.08. The van der Waals surface area contributed by atoms with Crippen LogP contribution < -0.4 is 10.1 Å². The lowest BCUT2D eigenvalue weighted by molar-refractivity contribution is -0.150. The van der Waals surface area contributed by atoms with Crippen molar-refractivity contribution >= 4 is 23.5 Å². The number of halogens is 1. The van der Waals surface area contributed by atoms with Crippen LogP contribution in [-0.4, -0.2) is 25.1 Å². The van der Waals surface area contributed by atoms with E-state index in [1.807, 2.05) is 37.3 Å². The van der Waals surface area contributed by atoms with Crippen LogP contribution in [0.5, 0.6) is 5.75 Å². The van der Waals surface area contributed by atoms with Crippen LogP contribution in [0.2, 0.25) is 5.02 Å². The van der Waals surface area contributed by atoms with E-state index in [1.54, 1.807) is 18.2 Å². The number of amides is 1. The van der Waals surface area contributed by atoms with Crippen LogP contribution in [-0.2, 0) is 20.9 Å². The molecule has 0 saturated carbocycles. The Labute approximate surface area is 145 Å². The van der Waals surface area contributed by atoms with Crippen molar-refractivity contribution in [3.63, 3.8) is 0 Å². The summed E-state index contributed by atoms with van der Waals surface area (Å²) in [7, 11) is 0. The number of carbonyl (C=O) groups excluding carboxylic acids is 2. The van der Waals surface area contributed by atoms with E-state index in [9.17, 15) is 9.59 Å². The number of hydrogen-bond donors (Lipinski definition) is 1. The molecule has 0 saturated heterocycles. The zero-order valence-electron chi connectivity index (χ0n) is 13.3. The van der Waals surface area contributed by atoms with E-state index >= 15 is 0 Å². The Bertz CT molecular complexity index is 700. The second-order valence-electron chi connectivity index (χ2n) is 5.17. The summed E-state index contributed by atoms with van der Waals surface area (Å²) in [5, 5.41) is 3.29. The molecule has 2 aromatic rings. The summed E-state index contributed by atoms with van der Waals surface area (Å²) in [5.74, 6) is -0.397. The molecular formula is C18H18ClNO4.